The summed E-state index contributed by atoms with van der Waals surface area (Å²) in [6.07, 6.45) is 1.21. The highest BCUT2D eigenvalue weighted by molar-refractivity contribution is 7.48. The highest BCUT2D eigenvalue weighted by Gasteiger charge is 2.73. The highest BCUT2D eigenvalue weighted by atomic mass is 31.2. The van der Waals surface area contributed by atoms with E-state index in [0.29, 0.717) is 12.8 Å². The molecule has 244 valence electrons. The highest BCUT2D eigenvalue weighted by Crippen LogP contribution is 2.58. The summed E-state index contributed by atoms with van der Waals surface area (Å²) in [6, 6.07) is 0. The first-order chi connectivity index (χ1) is 20.2. The maximum Gasteiger partial charge on any atom is 0.480 e. The van der Waals surface area contributed by atoms with Crippen molar-refractivity contribution >= 4 is 25.7 Å². The lowest BCUT2D eigenvalue weighted by molar-refractivity contribution is -0.267. The van der Waals surface area contributed by atoms with Crippen LogP contribution in [0.5, 0.6) is 0 Å². The predicted octanol–water partition coefficient (Wildman–Crippen LogP) is 2.19. The lowest BCUT2D eigenvalue weighted by Gasteiger charge is -2.41. The number of aliphatic hydroxyl groups is 1. The van der Waals surface area contributed by atoms with Crippen LogP contribution in [0.3, 0.4) is 0 Å². The zero-order chi connectivity index (χ0) is 31.6. The third-order valence-corrected chi connectivity index (χ3v) is 8.91. The van der Waals surface area contributed by atoms with Crippen molar-refractivity contribution in [3.05, 3.63) is 12.3 Å². The molecule has 1 spiro atoms. The van der Waals surface area contributed by atoms with E-state index in [0.717, 1.165) is 18.9 Å². The number of alkyl halides is 1. The molecule has 3 heterocycles. The van der Waals surface area contributed by atoms with Gasteiger partial charge in [-0.2, -0.15) is 0 Å². The standard InChI is InChI=1S/C26H40FN2O13P/c1-16(2)19(31)35-14-38-43(34,39-15-36-20(32)17(3)4)37-13-25(12-27)21-24(5,42-26(40-21)9-6-7-10-26)22(41-25)29-11-8-18(30)28-23(29)33/h8,11,16-17,21-23,33H,6-7,9-10,12-15H2,1-5H3,(H,28,30)/t21-,22+,23?,24+,25+/m0/s1. The zero-order valence-electron chi connectivity index (χ0n) is 24.8. The number of carbonyl (C=O) groups is 3. The van der Waals surface area contributed by atoms with Gasteiger partial charge in [-0.1, -0.05) is 27.7 Å². The van der Waals surface area contributed by atoms with Crippen LogP contribution >= 0.6 is 7.82 Å². The number of ether oxygens (including phenoxy) is 5. The summed E-state index contributed by atoms with van der Waals surface area (Å²) in [5, 5.41) is 13.0. The topological polar surface area (TPSA) is 178 Å². The number of esters is 2. The molecule has 1 unspecified atom stereocenters. The summed E-state index contributed by atoms with van der Waals surface area (Å²) in [5.41, 5.74) is -3.38. The second-order valence-corrected chi connectivity index (χ2v) is 13.3. The lowest BCUT2D eigenvalue weighted by Crippen LogP contribution is -2.59. The maximum atomic E-state index is 15.2. The van der Waals surface area contributed by atoms with Gasteiger partial charge in [0, 0.05) is 25.1 Å². The van der Waals surface area contributed by atoms with Gasteiger partial charge in [-0.15, -0.1) is 0 Å². The molecule has 1 aliphatic carbocycles. The largest absolute Gasteiger partial charge is 0.480 e. The van der Waals surface area contributed by atoms with Crippen molar-refractivity contribution in [1.29, 1.82) is 0 Å². The van der Waals surface area contributed by atoms with E-state index in [1.807, 2.05) is 0 Å². The Morgan fingerprint density at radius 3 is 2.19 bits per heavy atom. The van der Waals surface area contributed by atoms with E-state index >= 15 is 4.39 Å². The van der Waals surface area contributed by atoms with Crippen LogP contribution in [-0.2, 0) is 56.2 Å². The molecule has 0 aromatic rings. The summed E-state index contributed by atoms with van der Waals surface area (Å²) in [7, 11) is -4.70. The number of phosphoric ester groups is 1. The monoisotopic (exact) mass is 638 g/mol. The summed E-state index contributed by atoms with van der Waals surface area (Å²) < 4.78 is 73.5. The lowest BCUT2D eigenvalue weighted by atomic mass is 9.88. The molecule has 2 N–H and O–H groups in total. The van der Waals surface area contributed by atoms with Crippen LogP contribution in [0.25, 0.3) is 0 Å². The molecular formula is C26H40FN2O13P. The van der Waals surface area contributed by atoms with Crippen molar-refractivity contribution < 1.29 is 65.7 Å². The molecule has 17 heteroatoms. The number of hydrogen-bond donors (Lipinski definition) is 2. The van der Waals surface area contributed by atoms with Gasteiger partial charge >= 0.3 is 19.8 Å². The number of halogens is 1. The van der Waals surface area contributed by atoms with Gasteiger partial charge in [0.05, 0.1) is 18.4 Å². The first-order valence-corrected chi connectivity index (χ1v) is 15.6. The molecule has 0 aromatic carbocycles. The quantitative estimate of drug-likeness (QED) is 0.170. The molecule has 3 aliphatic heterocycles. The van der Waals surface area contributed by atoms with E-state index in [9.17, 15) is 24.1 Å². The number of carbonyl (C=O) groups excluding carboxylic acids is 3. The molecule has 4 aliphatic rings. The normalized spacial score (nSPS) is 31.6. The molecule has 15 nitrogen and oxygen atoms in total. The van der Waals surface area contributed by atoms with Gasteiger partial charge < -0.3 is 39.0 Å². The average molecular weight is 639 g/mol. The smallest absolute Gasteiger partial charge is 0.438 e. The molecule has 0 radical (unpaired) electrons. The predicted molar refractivity (Wildman–Crippen MR) is 142 cm³/mol. The van der Waals surface area contributed by atoms with E-state index in [1.165, 1.54) is 11.1 Å². The average Bonchev–Trinajstić information content (AvgIpc) is 3.59. The van der Waals surface area contributed by atoms with Crippen LogP contribution in [0.4, 0.5) is 4.39 Å². The number of nitrogens with zero attached hydrogens (tertiary/aromatic N) is 1. The van der Waals surface area contributed by atoms with Crippen LogP contribution in [0.15, 0.2) is 12.3 Å². The van der Waals surface area contributed by atoms with Crippen molar-refractivity contribution in [2.45, 2.75) is 96.0 Å². The number of amides is 1. The van der Waals surface area contributed by atoms with Crippen molar-refractivity contribution in [1.82, 2.24) is 10.2 Å². The van der Waals surface area contributed by atoms with E-state index < -0.39 is 100 Å². The van der Waals surface area contributed by atoms with Gasteiger partial charge in [0.25, 0.3) is 0 Å². The first kappa shape index (κ1) is 33.7. The maximum absolute atomic E-state index is 15.2. The van der Waals surface area contributed by atoms with Crippen LogP contribution < -0.4 is 5.32 Å². The molecule has 5 atom stereocenters. The minimum atomic E-state index is -4.70. The van der Waals surface area contributed by atoms with Gasteiger partial charge in [-0.25, -0.2) is 18.0 Å². The van der Waals surface area contributed by atoms with Crippen LogP contribution in [-0.4, -0.2) is 90.4 Å². The SMILES string of the molecule is CC(C)C(=O)OCOP(=O)(OCOC(=O)C(C)C)OC[C@@]1(CF)O[C@@H](N2C=CC(=O)NC2O)[C@]2(C)OC3(CCCC3)O[C@H]12. The second kappa shape index (κ2) is 13.1. The minimum Gasteiger partial charge on any atom is -0.438 e. The van der Waals surface area contributed by atoms with Crippen LogP contribution in [0, 0.1) is 11.8 Å². The van der Waals surface area contributed by atoms with Gasteiger partial charge in [0.15, 0.2) is 17.6 Å². The Morgan fingerprint density at radius 2 is 1.67 bits per heavy atom. The van der Waals surface area contributed by atoms with Crippen molar-refractivity contribution in [2.24, 2.45) is 11.8 Å². The Bertz CT molecular complexity index is 1100. The van der Waals surface area contributed by atoms with Gasteiger partial charge in [-0.05, 0) is 19.8 Å². The number of phosphoric acid groups is 1. The number of nitrogens with one attached hydrogen (secondary N) is 1. The van der Waals surface area contributed by atoms with Crippen LogP contribution in [0.2, 0.25) is 0 Å². The Labute approximate surface area is 248 Å². The first-order valence-electron chi connectivity index (χ1n) is 14.1. The third-order valence-electron chi connectivity index (χ3n) is 7.62. The summed E-state index contributed by atoms with van der Waals surface area (Å²) in [4.78, 5) is 36.8. The molecule has 3 fully saturated rings. The van der Waals surface area contributed by atoms with Gasteiger partial charge in [-0.3, -0.25) is 18.9 Å². The molecular weight excluding hydrogens is 598 g/mol. The van der Waals surface area contributed by atoms with E-state index in [4.69, 9.17) is 37.3 Å². The number of fused-ring (bicyclic) bond motifs is 1. The molecule has 0 aromatic heterocycles. The van der Waals surface area contributed by atoms with Gasteiger partial charge in [0.2, 0.25) is 25.8 Å². The number of aliphatic hydroxyl groups excluding tert-OH is 1. The van der Waals surface area contributed by atoms with E-state index in [1.54, 1.807) is 34.6 Å². The van der Waals surface area contributed by atoms with Crippen molar-refractivity contribution in [2.75, 3.05) is 26.9 Å². The fourth-order valence-corrected chi connectivity index (χ4v) is 6.35. The van der Waals surface area contributed by atoms with Crippen LogP contribution in [0.1, 0.15) is 60.3 Å². The third kappa shape index (κ3) is 7.06. The number of rotatable bonds is 13. The van der Waals surface area contributed by atoms with Gasteiger partial charge in [0.1, 0.15) is 18.4 Å². The number of hydrogen-bond acceptors (Lipinski definition) is 14. The summed E-state index contributed by atoms with van der Waals surface area (Å²) >= 11 is 0. The Morgan fingerprint density at radius 1 is 1.09 bits per heavy atom. The van der Waals surface area contributed by atoms with Crippen molar-refractivity contribution in [3.8, 4) is 0 Å². The fraction of sp³-hybridized carbons (Fsp3) is 0.808. The molecule has 1 amide bonds. The summed E-state index contributed by atoms with van der Waals surface area (Å²) in [6.45, 7) is 4.26. The fourth-order valence-electron chi connectivity index (χ4n) is 5.38. The molecule has 2 saturated heterocycles. The van der Waals surface area contributed by atoms with E-state index in [2.05, 4.69) is 5.32 Å². The summed E-state index contributed by atoms with van der Waals surface area (Å²) in [5.74, 6) is -3.95. The molecule has 43 heavy (non-hydrogen) atoms. The Hall–Kier alpha value is -2.17. The molecule has 4 rings (SSSR count). The second-order valence-electron chi connectivity index (χ2n) is 11.7. The molecule has 1 saturated carbocycles. The van der Waals surface area contributed by atoms with Crippen molar-refractivity contribution in [3.63, 3.8) is 0 Å². The molecule has 0 bridgehead atoms. The minimum absolute atomic E-state index is 0.514. The Kier molecular flexibility index (Phi) is 10.2. The Balaban J connectivity index is 1.58. The van der Waals surface area contributed by atoms with E-state index in [-0.39, 0.29) is 0 Å². The zero-order valence-corrected chi connectivity index (χ0v) is 25.7.